The van der Waals surface area contributed by atoms with Gasteiger partial charge < -0.3 is 16.0 Å². The third-order valence-corrected chi connectivity index (χ3v) is 8.30. The van der Waals surface area contributed by atoms with Crippen LogP contribution in [0.2, 0.25) is 0 Å². The van der Waals surface area contributed by atoms with Gasteiger partial charge >= 0.3 is 0 Å². The van der Waals surface area contributed by atoms with Crippen molar-refractivity contribution < 1.29 is 14.4 Å². The summed E-state index contributed by atoms with van der Waals surface area (Å²) in [4.78, 5) is 36.0. The van der Waals surface area contributed by atoms with Gasteiger partial charge in [-0.3, -0.25) is 14.4 Å². The second-order valence-electron chi connectivity index (χ2n) is 11.2. The second-order valence-corrected chi connectivity index (χ2v) is 12.1. The van der Waals surface area contributed by atoms with Crippen LogP contribution in [-0.2, 0) is 0 Å². The molecule has 2 amide bonds. The van der Waals surface area contributed by atoms with Gasteiger partial charge in [-0.05, 0) is 87.2 Å². The van der Waals surface area contributed by atoms with Crippen LogP contribution in [-0.4, -0.2) is 52.0 Å². The van der Waals surface area contributed by atoms with E-state index in [9.17, 15) is 14.4 Å². The van der Waals surface area contributed by atoms with Crippen LogP contribution in [0.4, 0.5) is 0 Å². The monoisotopic (exact) mass is 717 g/mol. The molecule has 47 heavy (non-hydrogen) atoms. The number of carbonyl (C=O) groups excluding carboxylic acids is 3. The van der Waals surface area contributed by atoms with Gasteiger partial charge in [0.05, 0.1) is 11.9 Å². The van der Waals surface area contributed by atoms with Crippen molar-refractivity contribution in [1.82, 2.24) is 10.2 Å². The number of halogens is 2. The van der Waals surface area contributed by atoms with E-state index in [1.807, 2.05) is 71.6 Å². The topological polar surface area (TPSA) is 92.5 Å². The van der Waals surface area contributed by atoms with E-state index in [1.165, 1.54) is 32.1 Å². The van der Waals surface area contributed by atoms with Crippen LogP contribution in [0.5, 0.6) is 0 Å². The fourth-order valence-electron chi connectivity index (χ4n) is 4.33. The highest BCUT2D eigenvalue weighted by atomic mass is 79.9. The summed E-state index contributed by atoms with van der Waals surface area (Å²) in [6.07, 6.45) is 20.8. The average Bonchev–Trinajstić information content (AvgIpc) is 3.06. The third-order valence-electron chi connectivity index (χ3n) is 7.76. The highest BCUT2D eigenvalue weighted by molar-refractivity contribution is 9.09. The number of nitrogens with one attached hydrogen (secondary N) is 1. The average molecular weight is 719 g/mol. The number of terminal acetylenes is 2. The van der Waals surface area contributed by atoms with Crippen molar-refractivity contribution in [3.63, 3.8) is 0 Å². The molecule has 0 radical (unpaired) electrons. The number of carbonyl (C=O) groups is 3. The predicted molar refractivity (Wildman–Crippen MR) is 197 cm³/mol. The van der Waals surface area contributed by atoms with Crippen molar-refractivity contribution in [2.45, 2.75) is 75.9 Å². The van der Waals surface area contributed by atoms with Gasteiger partial charge in [0.25, 0.3) is 17.1 Å². The molecule has 3 aliphatic carbocycles. The van der Waals surface area contributed by atoms with Crippen molar-refractivity contribution in [3.8, 4) is 24.7 Å². The number of hydrogen-bond donors (Lipinski definition) is 2. The van der Waals surface area contributed by atoms with Gasteiger partial charge in [-0.25, -0.2) is 0 Å². The molecular formula is C39H45BrClN3O3. The van der Waals surface area contributed by atoms with E-state index in [0.29, 0.717) is 35.6 Å². The SMILES string of the molecule is C#CCBr.C#CCN(C(=O)c1ccccc1)C1CCC1.NC1CCC1.O=C(Cl)c1ccccc1.O=C(NC1CCC1)c1ccccc1. The number of amides is 2. The van der Waals surface area contributed by atoms with Crippen molar-refractivity contribution >= 4 is 44.6 Å². The molecule has 3 aliphatic rings. The molecule has 0 saturated heterocycles. The summed E-state index contributed by atoms with van der Waals surface area (Å²) in [6.45, 7) is 0.415. The molecule has 3 aromatic carbocycles. The maximum absolute atomic E-state index is 12.2. The van der Waals surface area contributed by atoms with Crippen molar-refractivity contribution in [2.75, 3.05) is 11.9 Å². The van der Waals surface area contributed by atoms with E-state index < -0.39 is 5.24 Å². The number of nitrogens with two attached hydrogens (primary N) is 1. The zero-order valence-corrected chi connectivity index (χ0v) is 29.2. The van der Waals surface area contributed by atoms with E-state index in [1.54, 1.807) is 24.3 Å². The first-order chi connectivity index (χ1) is 22.8. The molecule has 0 unspecified atom stereocenters. The summed E-state index contributed by atoms with van der Waals surface area (Å²) in [5.41, 5.74) is 7.40. The first-order valence-electron chi connectivity index (χ1n) is 16.0. The minimum atomic E-state index is -0.407. The molecule has 0 spiro atoms. The minimum Gasteiger partial charge on any atom is -0.349 e. The first-order valence-corrected chi connectivity index (χ1v) is 17.5. The zero-order chi connectivity index (χ0) is 34.3. The number of rotatable bonds is 6. The van der Waals surface area contributed by atoms with Gasteiger partial charge in [-0.1, -0.05) is 101 Å². The molecule has 0 bridgehead atoms. The quantitative estimate of drug-likeness (QED) is 0.154. The number of benzene rings is 3. The molecule has 3 fully saturated rings. The Hall–Kier alpha value is -3.88. The molecule has 3 N–H and O–H groups in total. The Morgan fingerprint density at radius 2 is 1.17 bits per heavy atom. The fraction of sp³-hybridized carbons (Fsp3) is 0.359. The van der Waals surface area contributed by atoms with E-state index >= 15 is 0 Å². The number of nitrogens with zero attached hydrogens (tertiary/aromatic N) is 1. The van der Waals surface area contributed by atoms with Gasteiger partial charge in [0.15, 0.2) is 0 Å². The van der Waals surface area contributed by atoms with Gasteiger partial charge in [0, 0.05) is 34.8 Å². The van der Waals surface area contributed by atoms with Crippen LogP contribution in [0.3, 0.4) is 0 Å². The Morgan fingerprint density at radius 1 is 0.745 bits per heavy atom. The van der Waals surface area contributed by atoms with Gasteiger partial charge in [-0.2, -0.15) is 0 Å². The van der Waals surface area contributed by atoms with E-state index in [0.717, 1.165) is 36.8 Å². The molecule has 3 saturated carbocycles. The van der Waals surface area contributed by atoms with E-state index in [-0.39, 0.29) is 11.8 Å². The van der Waals surface area contributed by atoms with Gasteiger partial charge in [-0.15, -0.1) is 12.8 Å². The summed E-state index contributed by atoms with van der Waals surface area (Å²) in [6, 6.07) is 28.8. The van der Waals surface area contributed by atoms with Crippen LogP contribution >= 0.6 is 27.5 Å². The summed E-state index contributed by atoms with van der Waals surface area (Å²) in [5, 5.41) is 3.25. The lowest BCUT2D eigenvalue weighted by Crippen LogP contribution is -2.44. The van der Waals surface area contributed by atoms with Crippen LogP contribution in [0.25, 0.3) is 0 Å². The molecule has 8 heteroatoms. The minimum absolute atomic E-state index is 0.0586. The second kappa shape index (κ2) is 23.4. The Morgan fingerprint density at radius 3 is 1.47 bits per heavy atom. The summed E-state index contributed by atoms with van der Waals surface area (Å²) in [7, 11) is 0. The van der Waals surface area contributed by atoms with E-state index in [4.69, 9.17) is 30.2 Å². The highest BCUT2D eigenvalue weighted by Crippen LogP contribution is 2.26. The Kier molecular flexibility index (Phi) is 19.6. The lowest BCUT2D eigenvalue weighted by Gasteiger charge is -2.36. The number of alkyl halides is 1. The van der Waals surface area contributed by atoms with Crippen molar-refractivity contribution in [3.05, 3.63) is 108 Å². The molecule has 0 aromatic heterocycles. The van der Waals surface area contributed by atoms with Crippen LogP contribution in [0.1, 0.15) is 88.9 Å². The largest absolute Gasteiger partial charge is 0.349 e. The molecule has 6 rings (SSSR count). The van der Waals surface area contributed by atoms with Crippen molar-refractivity contribution in [1.29, 1.82) is 0 Å². The molecule has 0 heterocycles. The Balaban J connectivity index is 0.000000222. The van der Waals surface area contributed by atoms with Crippen LogP contribution < -0.4 is 11.1 Å². The molecule has 0 atom stereocenters. The lowest BCUT2D eigenvalue weighted by molar-refractivity contribution is 0.0618. The van der Waals surface area contributed by atoms with Crippen LogP contribution in [0.15, 0.2) is 91.0 Å². The normalized spacial score (nSPS) is 14.5. The number of hydrogen-bond acceptors (Lipinski definition) is 4. The Bertz CT molecular complexity index is 1410. The maximum Gasteiger partial charge on any atom is 0.254 e. The molecule has 6 nitrogen and oxygen atoms in total. The Labute approximate surface area is 294 Å². The van der Waals surface area contributed by atoms with E-state index in [2.05, 4.69) is 33.1 Å². The molecular weight excluding hydrogens is 674 g/mol. The van der Waals surface area contributed by atoms with Crippen molar-refractivity contribution in [2.24, 2.45) is 5.73 Å². The maximum atomic E-state index is 12.2. The van der Waals surface area contributed by atoms with Gasteiger partial charge in [0.2, 0.25) is 0 Å². The highest BCUT2D eigenvalue weighted by Gasteiger charge is 2.28. The predicted octanol–water partition coefficient (Wildman–Crippen LogP) is 7.86. The summed E-state index contributed by atoms with van der Waals surface area (Å²) in [5.74, 6) is 5.04. The smallest absolute Gasteiger partial charge is 0.254 e. The molecule has 3 aromatic rings. The lowest BCUT2D eigenvalue weighted by atomic mass is 9.91. The molecule has 0 aliphatic heterocycles. The standard InChI is InChI=1S/C14H15NO.C11H13NO.C7H5ClO.C4H9N.C3H3Br/c1-2-11-15(13-9-6-10-13)14(16)12-7-4-3-5-8-12;13-11(12-10-7-4-8-10)9-5-2-1-3-6-9;8-7(9)6-4-2-1-3-5-6;5-4-2-1-3-4;1-2-3-4/h1,3-5,7-8,13H,6,9-11H2;1-3,5-6,10H,4,7-8H2,(H,12,13);1-5H;4H,1-3,5H2;1H,3H2. The van der Waals surface area contributed by atoms with Crippen LogP contribution in [0, 0.1) is 24.7 Å². The fourth-order valence-corrected chi connectivity index (χ4v) is 4.46. The third kappa shape index (κ3) is 15.5. The molecule has 248 valence electrons. The van der Waals surface area contributed by atoms with Gasteiger partial charge in [0.1, 0.15) is 0 Å². The summed E-state index contributed by atoms with van der Waals surface area (Å²) < 4.78 is 0. The summed E-state index contributed by atoms with van der Waals surface area (Å²) >= 11 is 8.18. The first kappa shape index (κ1) is 39.3. The zero-order valence-electron chi connectivity index (χ0n) is 26.8.